The molecule has 446 valence electrons. The van der Waals surface area contributed by atoms with Crippen molar-refractivity contribution in [1.82, 2.24) is 15.0 Å². The summed E-state index contributed by atoms with van der Waals surface area (Å²) in [5.41, 5.74) is 0.862. The molecule has 32 heteroatoms. The van der Waals surface area contributed by atoms with Crippen LogP contribution in [0.15, 0.2) is 6.20 Å². The number of aliphatic hydroxyl groups is 17. The highest BCUT2D eigenvalue weighted by molar-refractivity contribution is 4.98. The Labute approximate surface area is 440 Å². The van der Waals surface area contributed by atoms with Crippen molar-refractivity contribution < 1.29 is 144 Å². The molecule has 32 nitrogen and oxygen atoms in total. The third-order valence-corrected chi connectivity index (χ3v) is 14.4. The maximum absolute atomic E-state index is 11.3. The highest BCUT2D eigenvalue weighted by Gasteiger charge is 2.55. The topological polar surface area (TPSA) is 485 Å². The molecule has 0 saturated carbocycles. The zero-order valence-electron chi connectivity index (χ0n) is 42.0. The van der Waals surface area contributed by atoms with E-state index in [-0.39, 0.29) is 6.61 Å². The Balaban J connectivity index is 0.894. The third-order valence-electron chi connectivity index (χ3n) is 14.4. The summed E-state index contributed by atoms with van der Waals surface area (Å²) in [7, 11) is 0. The van der Waals surface area contributed by atoms with Gasteiger partial charge in [-0.1, -0.05) is 18.6 Å². The predicted octanol–water partition coefficient (Wildman–Crippen LogP) is -9.99. The lowest BCUT2D eigenvalue weighted by Gasteiger charge is -2.49. The number of aliphatic hydroxyl groups excluding tert-OH is 17. The molecular formula is C45H77N3O29. The van der Waals surface area contributed by atoms with Crippen LogP contribution in [-0.2, 0) is 69.8 Å². The molecule has 6 saturated heterocycles. The first-order valence-electron chi connectivity index (χ1n) is 25.7. The summed E-state index contributed by atoms with van der Waals surface area (Å²) >= 11 is 0. The normalized spacial score (nSPS) is 46.1. The summed E-state index contributed by atoms with van der Waals surface area (Å²) in [6.45, 7) is -2.39. The molecule has 10 unspecified atom stereocenters. The van der Waals surface area contributed by atoms with Crippen molar-refractivity contribution in [3.8, 4) is 0 Å². The minimum absolute atomic E-state index is 0.0796. The van der Waals surface area contributed by atoms with Gasteiger partial charge < -0.3 is 144 Å². The highest BCUT2D eigenvalue weighted by atomic mass is 16.8. The van der Waals surface area contributed by atoms with Crippen LogP contribution in [0.25, 0.3) is 0 Å². The second kappa shape index (κ2) is 28.8. The summed E-state index contributed by atoms with van der Waals surface area (Å²) in [5, 5.41) is 189. The van der Waals surface area contributed by atoms with Crippen molar-refractivity contribution >= 4 is 0 Å². The summed E-state index contributed by atoms with van der Waals surface area (Å²) in [6, 6.07) is 0. The molecule has 7 rings (SSSR count). The molecule has 6 fully saturated rings. The molecule has 0 spiro atoms. The van der Waals surface area contributed by atoms with E-state index in [9.17, 15) is 86.8 Å². The molecule has 6 aliphatic heterocycles. The van der Waals surface area contributed by atoms with E-state index in [1.54, 1.807) is 4.68 Å². The molecule has 17 N–H and O–H groups in total. The van der Waals surface area contributed by atoms with Crippen molar-refractivity contribution in [3.05, 3.63) is 11.9 Å². The van der Waals surface area contributed by atoms with Gasteiger partial charge >= 0.3 is 0 Å². The van der Waals surface area contributed by atoms with Crippen molar-refractivity contribution in [2.75, 3.05) is 46.2 Å². The smallest absolute Gasteiger partial charge is 0.187 e. The van der Waals surface area contributed by atoms with E-state index in [0.717, 1.165) is 25.0 Å². The third kappa shape index (κ3) is 14.6. The van der Waals surface area contributed by atoms with Crippen molar-refractivity contribution in [2.45, 2.75) is 224 Å². The van der Waals surface area contributed by atoms with Crippen LogP contribution >= 0.6 is 0 Å². The van der Waals surface area contributed by atoms with Gasteiger partial charge in [0.15, 0.2) is 37.7 Å². The molecule has 7 heterocycles. The molecule has 0 radical (unpaired) electrons. The fraction of sp³-hybridized carbons (Fsp3) is 0.956. The molecule has 28 atom stereocenters. The zero-order valence-corrected chi connectivity index (χ0v) is 42.0. The first-order chi connectivity index (χ1) is 36.9. The van der Waals surface area contributed by atoms with Gasteiger partial charge in [0.05, 0.1) is 64.2 Å². The molecular weight excluding hydrogens is 1050 g/mol. The fourth-order valence-corrected chi connectivity index (χ4v) is 10.0. The van der Waals surface area contributed by atoms with Crippen molar-refractivity contribution in [1.29, 1.82) is 0 Å². The monoisotopic (exact) mass is 1120 g/mol. The van der Waals surface area contributed by atoms with E-state index in [2.05, 4.69) is 17.2 Å². The van der Waals surface area contributed by atoms with Crippen LogP contribution < -0.4 is 0 Å². The fourth-order valence-electron chi connectivity index (χ4n) is 10.0. The molecule has 77 heavy (non-hydrogen) atoms. The van der Waals surface area contributed by atoms with Gasteiger partial charge in [-0.2, -0.15) is 0 Å². The zero-order chi connectivity index (χ0) is 55.8. The summed E-state index contributed by atoms with van der Waals surface area (Å²) in [4.78, 5) is 0. The van der Waals surface area contributed by atoms with Crippen LogP contribution in [0.2, 0.25) is 0 Å². The Hall–Kier alpha value is -2.02. The Bertz CT molecular complexity index is 1880. The Morgan fingerprint density at radius 3 is 1.30 bits per heavy atom. The van der Waals surface area contributed by atoms with Gasteiger partial charge in [0.2, 0.25) is 0 Å². The van der Waals surface area contributed by atoms with Crippen LogP contribution in [-0.4, -0.2) is 320 Å². The molecule has 1 aromatic rings. The highest BCUT2D eigenvalue weighted by Crippen LogP contribution is 2.36. The largest absolute Gasteiger partial charge is 0.394 e. The minimum atomic E-state index is -2.06. The van der Waals surface area contributed by atoms with Gasteiger partial charge in [0, 0.05) is 25.6 Å². The maximum Gasteiger partial charge on any atom is 0.187 e. The quantitative estimate of drug-likeness (QED) is 0.0427. The number of ether oxygens (including phenoxy) is 12. The van der Waals surface area contributed by atoms with Crippen LogP contribution in [0.4, 0.5) is 0 Å². The first kappa shape index (κ1) is 62.6. The molecule has 1 aromatic heterocycles. The van der Waals surface area contributed by atoms with Gasteiger partial charge in [0.25, 0.3) is 0 Å². The van der Waals surface area contributed by atoms with Crippen molar-refractivity contribution in [3.63, 3.8) is 0 Å². The van der Waals surface area contributed by atoms with Crippen LogP contribution in [0.3, 0.4) is 0 Å². The van der Waals surface area contributed by atoms with Gasteiger partial charge in [-0.15, -0.1) is 5.10 Å². The first-order valence-corrected chi connectivity index (χ1v) is 25.7. The van der Waals surface area contributed by atoms with Gasteiger partial charge in [-0.3, -0.25) is 4.68 Å². The number of unbranched alkanes of at least 4 members (excludes halogenated alkanes) is 1. The van der Waals surface area contributed by atoms with E-state index in [4.69, 9.17) is 56.8 Å². The minimum Gasteiger partial charge on any atom is -0.394 e. The number of aryl methyl sites for hydroxylation is 2. The van der Waals surface area contributed by atoms with Gasteiger partial charge in [0.1, 0.15) is 122 Å². The van der Waals surface area contributed by atoms with Crippen LogP contribution in [0.5, 0.6) is 0 Å². The van der Waals surface area contributed by atoms with E-state index < -0.39 is 225 Å². The summed E-state index contributed by atoms with van der Waals surface area (Å²) < 4.78 is 70.4. The molecule has 6 aliphatic rings. The van der Waals surface area contributed by atoms with Gasteiger partial charge in [-0.25, -0.2) is 0 Å². The predicted molar refractivity (Wildman–Crippen MR) is 243 cm³/mol. The molecule has 0 aliphatic carbocycles. The van der Waals surface area contributed by atoms with E-state index in [1.165, 1.54) is 0 Å². The maximum atomic E-state index is 11.3. The lowest BCUT2D eigenvalue weighted by Crippen LogP contribution is -2.66. The molecule has 0 bridgehead atoms. The number of hydrogen-bond donors (Lipinski definition) is 17. The Kier molecular flexibility index (Phi) is 23.4. The lowest BCUT2D eigenvalue weighted by atomic mass is 9.96. The van der Waals surface area contributed by atoms with E-state index in [0.29, 0.717) is 13.0 Å². The summed E-state index contributed by atoms with van der Waals surface area (Å²) in [5.74, 6) is 0. The number of hydrogen-bond acceptors (Lipinski definition) is 31. The second-order valence-electron chi connectivity index (χ2n) is 19.8. The Morgan fingerprint density at radius 1 is 0.455 bits per heavy atom. The van der Waals surface area contributed by atoms with Gasteiger partial charge in [-0.05, 0) is 19.3 Å². The van der Waals surface area contributed by atoms with Crippen molar-refractivity contribution in [2.24, 2.45) is 0 Å². The SMILES string of the molecule is CCCCc1cn(CCCO[C@@H]2OC(CO)[C@@H](O[C@@H]3C[C@@H](O)[C@H](O[C@H]4OC(CO)[C@@H](O[C@H]5OC(CO)[C@@H](O[C@@H]6C[C@@H](O)[C@H](O[C@H]7OC(CO)[C@@H](O)[C@H](O)C7O)C(CO)O6)[C@H](O)C5O)[C@H](O)C4O)C(CO)O3)[C@H](O)C2O)nn1. The number of nitrogens with zero attached hydrogens (tertiary/aromatic N) is 3. The number of aromatic nitrogens is 3. The standard InChI is InChI=1S/C45H77N3O29/c1-2-3-5-17-10-48(47-46-17)6-4-7-66-42-34(63)30(59)39(23(14-52)70-42)73-26-9-19(56)38(22(13-51)68-26)76-44-36(65)32(61)41(25(16-54)72-44)77-45-35(64)31(60)40(24(15-53)71-45)74-27-8-18(55)37(21(12-50)67-27)75-43-33(62)29(58)28(57)20(11-49)69-43/h10,18-45,49-65H,2-9,11-16H2,1H3/t18-,19-,20?,21?,22?,23?,24?,25?,26-,27-,28-,29+,30-,31-,32-,33?,34?,35?,36?,37+,38+,39-,40-,41-,42-,43-,44-,45-/m1/s1. The number of rotatable bonds is 24. The molecule has 0 amide bonds. The van der Waals surface area contributed by atoms with Crippen LogP contribution in [0.1, 0.15) is 44.7 Å². The average molecular weight is 1120 g/mol. The average Bonchev–Trinajstić information content (AvgIpc) is 3.89. The van der Waals surface area contributed by atoms with Crippen LogP contribution in [0, 0.1) is 0 Å². The van der Waals surface area contributed by atoms with E-state index >= 15 is 0 Å². The Morgan fingerprint density at radius 2 is 0.844 bits per heavy atom. The summed E-state index contributed by atoms with van der Waals surface area (Å²) in [6.07, 6.45) is -42.0. The molecule has 0 aromatic carbocycles. The second-order valence-corrected chi connectivity index (χ2v) is 19.8. The van der Waals surface area contributed by atoms with E-state index in [1.807, 2.05) is 6.20 Å². The lowest BCUT2D eigenvalue weighted by molar-refractivity contribution is -0.386.